The molecule has 6 rings (SSSR count). The van der Waals surface area contributed by atoms with Crippen LogP contribution in [0.4, 0.5) is 0 Å². The van der Waals surface area contributed by atoms with E-state index >= 15 is 0 Å². The molecule has 220 valence electrons. The van der Waals surface area contributed by atoms with Gasteiger partial charge >= 0.3 is 5.97 Å². The van der Waals surface area contributed by atoms with Gasteiger partial charge in [0.25, 0.3) is 0 Å². The smallest absolute Gasteiger partial charge is 0.326 e. The summed E-state index contributed by atoms with van der Waals surface area (Å²) in [6, 6.07) is 36.2. The van der Waals surface area contributed by atoms with E-state index in [4.69, 9.17) is 5.73 Å². The van der Waals surface area contributed by atoms with Crippen molar-refractivity contribution in [2.75, 3.05) is 0 Å². The minimum atomic E-state index is -1.13. The van der Waals surface area contributed by atoms with Gasteiger partial charge in [-0.05, 0) is 28.3 Å². The van der Waals surface area contributed by atoms with E-state index in [-0.39, 0.29) is 12.8 Å². The van der Waals surface area contributed by atoms with Gasteiger partial charge < -0.3 is 25.7 Å². The number of fused-ring (bicyclic) bond motifs is 1. The zero-order valence-corrected chi connectivity index (χ0v) is 24.0. The van der Waals surface area contributed by atoms with Gasteiger partial charge in [0.15, 0.2) is 0 Å². The van der Waals surface area contributed by atoms with Gasteiger partial charge in [0.05, 0.1) is 18.1 Å². The van der Waals surface area contributed by atoms with Crippen LogP contribution in [0.1, 0.15) is 27.9 Å². The summed E-state index contributed by atoms with van der Waals surface area (Å²) in [4.78, 5) is 33.1. The third-order valence-corrected chi connectivity index (χ3v) is 8.08. The van der Waals surface area contributed by atoms with Crippen molar-refractivity contribution >= 4 is 22.8 Å². The van der Waals surface area contributed by atoms with Gasteiger partial charge in [-0.15, -0.1) is 0 Å². The van der Waals surface area contributed by atoms with Crippen LogP contribution >= 0.6 is 0 Å². The highest BCUT2D eigenvalue weighted by Crippen LogP contribution is 2.40. The number of nitrogens with one attached hydrogen (secondary N) is 2. The van der Waals surface area contributed by atoms with Crippen molar-refractivity contribution in [3.8, 4) is 0 Å². The number of rotatable bonds is 11. The van der Waals surface area contributed by atoms with Crippen molar-refractivity contribution < 1.29 is 14.7 Å². The molecule has 6 aromatic rings. The molecule has 2 aromatic heterocycles. The molecule has 8 heteroatoms. The molecule has 0 aliphatic rings. The fourth-order valence-corrected chi connectivity index (χ4v) is 5.95. The molecular weight excluding hydrogens is 550 g/mol. The number of carbonyl (C=O) groups is 2. The number of hydrogen-bond acceptors (Lipinski definition) is 4. The maximum Gasteiger partial charge on any atom is 0.326 e. The summed E-state index contributed by atoms with van der Waals surface area (Å²) in [6.07, 6.45) is 5.72. The second-order valence-corrected chi connectivity index (χ2v) is 10.9. The summed E-state index contributed by atoms with van der Waals surface area (Å²) in [5.41, 5.74) is 11.1. The van der Waals surface area contributed by atoms with Gasteiger partial charge in [-0.2, -0.15) is 0 Å². The molecule has 0 saturated carbocycles. The van der Waals surface area contributed by atoms with Crippen LogP contribution in [0.15, 0.2) is 134 Å². The average Bonchev–Trinajstić information content (AvgIpc) is 3.70. The topological polar surface area (TPSA) is 126 Å². The number of aliphatic carboxylic acids is 1. The van der Waals surface area contributed by atoms with Gasteiger partial charge in [-0.25, -0.2) is 9.78 Å². The van der Waals surface area contributed by atoms with E-state index in [9.17, 15) is 14.7 Å². The Kier molecular flexibility index (Phi) is 8.08. The lowest BCUT2D eigenvalue weighted by atomic mass is 9.77. The van der Waals surface area contributed by atoms with Gasteiger partial charge in [0, 0.05) is 36.1 Å². The number of carboxylic acid groups (broad SMARTS) is 1. The first kappa shape index (κ1) is 28.6. The number of imidazole rings is 1. The monoisotopic (exact) mass is 583 g/mol. The first-order valence-corrected chi connectivity index (χ1v) is 14.5. The van der Waals surface area contributed by atoms with Gasteiger partial charge in [0.1, 0.15) is 11.6 Å². The van der Waals surface area contributed by atoms with Crippen molar-refractivity contribution in [2.24, 2.45) is 5.73 Å². The SMILES string of the molecule is N[C@@H](Cc1cn(C(c2ccccc2)(c2ccccc2)c2ccccc2)cn1)C(=O)N[C@@H](Cc1c[nH]c2ccccc12)C(=O)O. The Morgan fingerprint density at radius 1 is 0.818 bits per heavy atom. The Balaban J connectivity index is 1.27. The lowest BCUT2D eigenvalue weighted by molar-refractivity contribution is -0.141. The number of carboxylic acids is 1. The molecule has 0 saturated heterocycles. The number of aromatic nitrogens is 3. The van der Waals surface area contributed by atoms with E-state index < -0.39 is 29.5 Å². The van der Waals surface area contributed by atoms with E-state index in [0.29, 0.717) is 5.69 Å². The number of amides is 1. The predicted octanol–water partition coefficient (Wildman–Crippen LogP) is 4.89. The molecule has 0 unspecified atom stereocenters. The molecule has 0 radical (unpaired) electrons. The fourth-order valence-electron chi connectivity index (χ4n) is 5.95. The second-order valence-electron chi connectivity index (χ2n) is 10.9. The number of H-pyrrole nitrogens is 1. The lowest BCUT2D eigenvalue weighted by Gasteiger charge is -2.37. The van der Waals surface area contributed by atoms with Crippen LogP contribution in [0, 0.1) is 0 Å². The van der Waals surface area contributed by atoms with Crippen LogP contribution < -0.4 is 11.1 Å². The van der Waals surface area contributed by atoms with Crippen LogP contribution in [0.25, 0.3) is 10.9 Å². The minimum absolute atomic E-state index is 0.125. The van der Waals surface area contributed by atoms with Gasteiger partial charge in [-0.3, -0.25) is 4.79 Å². The van der Waals surface area contributed by atoms with Crippen LogP contribution in [0.3, 0.4) is 0 Å². The van der Waals surface area contributed by atoms with Crippen molar-refractivity contribution in [2.45, 2.75) is 30.5 Å². The standard InChI is InChI=1S/C36H33N5O3/c37-31(34(42)40-33(35(43)44)20-25-22-38-32-19-11-10-18-30(25)32)21-29-23-41(24-39-29)36(26-12-4-1-5-13-26,27-14-6-2-7-15-27)28-16-8-3-9-17-28/h1-19,22-24,31,33,38H,20-21,37H2,(H,40,42)(H,43,44)/t31-,33-/m0/s1. The molecule has 44 heavy (non-hydrogen) atoms. The van der Waals surface area contributed by atoms with Crippen molar-refractivity contribution in [1.82, 2.24) is 19.9 Å². The molecule has 5 N–H and O–H groups in total. The lowest BCUT2D eigenvalue weighted by Crippen LogP contribution is -2.50. The molecule has 0 spiro atoms. The van der Waals surface area contributed by atoms with Gasteiger partial charge in [0.2, 0.25) is 5.91 Å². The van der Waals surface area contributed by atoms with Crippen molar-refractivity contribution in [1.29, 1.82) is 0 Å². The highest BCUT2D eigenvalue weighted by molar-refractivity contribution is 5.88. The first-order chi connectivity index (χ1) is 21.5. The van der Waals surface area contributed by atoms with E-state index in [1.807, 2.05) is 85.1 Å². The van der Waals surface area contributed by atoms with Crippen LogP contribution in [0.5, 0.6) is 0 Å². The Hall–Kier alpha value is -5.47. The Morgan fingerprint density at radius 3 is 1.93 bits per heavy atom. The Bertz CT molecular complexity index is 1770. The quantitative estimate of drug-likeness (QED) is 0.162. The molecule has 2 atom stereocenters. The maximum absolute atomic E-state index is 13.2. The van der Waals surface area contributed by atoms with Crippen LogP contribution in [-0.4, -0.2) is 43.6 Å². The molecular formula is C36H33N5O3. The van der Waals surface area contributed by atoms with E-state index in [1.54, 1.807) is 12.5 Å². The zero-order chi connectivity index (χ0) is 30.5. The number of aromatic amines is 1. The number of para-hydroxylation sites is 1. The molecule has 2 heterocycles. The normalized spacial score (nSPS) is 12.9. The summed E-state index contributed by atoms with van der Waals surface area (Å²) in [7, 11) is 0. The Labute approximate surface area is 255 Å². The molecule has 0 aliphatic carbocycles. The fraction of sp³-hybridized carbons (Fsp3) is 0.139. The van der Waals surface area contributed by atoms with Gasteiger partial charge in [-0.1, -0.05) is 109 Å². The molecule has 0 aliphatic heterocycles. The summed E-state index contributed by atoms with van der Waals surface area (Å²) < 4.78 is 2.06. The number of carbonyl (C=O) groups excluding carboxylic acids is 1. The summed E-state index contributed by atoms with van der Waals surface area (Å²) >= 11 is 0. The number of benzene rings is 4. The number of nitrogens with zero attached hydrogens (tertiary/aromatic N) is 2. The average molecular weight is 584 g/mol. The zero-order valence-electron chi connectivity index (χ0n) is 24.0. The highest BCUT2D eigenvalue weighted by atomic mass is 16.4. The molecule has 0 bridgehead atoms. The van der Waals surface area contributed by atoms with Crippen molar-refractivity contribution in [3.05, 3.63) is 162 Å². The van der Waals surface area contributed by atoms with Crippen LogP contribution in [-0.2, 0) is 28.0 Å². The predicted molar refractivity (Wildman–Crippen MR) is 170 cm³/mol. The molecule has 8 nitrogen and oxygen atoms in total. The maximum atomic E-state index is 13.2. The van der Waals surface area contributed by atoms with Crippen molar-refractivity contribution in [3.63, 3.8) is 0 Å². The minimum Gasteiger partial charge on any atom is -0.480 e. The third-order valence-electron chi connectivity index (χ3n) is 8.08. The largest absolute Gasteiger partial charge is 0.480 e. The number of hydrogen-bond donors (Lipinski definition) is 4. The Morgan fingerprint density at radius 2 is 1.36 bits per heavy atom. The highest BCUT2D eigenvalue weighted by Gasteiger charge is 2.38. The van der Waals surface area contributed by atoms with E-state index in [1.165, 1.54) is 0 Å². The third kappa shape index (κ3) is 5.50. The summed E-state index contributed by atoms with van der Waals surface area (Å²) in [5, 5.41) is 13.5. The molecule has 4 aromatic carbocycles. The molecule has 1 amide bonds. The summed E-state index contributed by atoms with van der Waals surface area (Å²) in [5.74, 6) is -1.68. The molecule has 0 fully saturated rings. The van der Waals surface area contributed by atoms with E-state index in [2.05, 4.69) is 56.3 Å². The summed E-state index contributed by atoms with van der Waals surface area (Å²) in [6.45, 7) is 0. The second kappa shape index (κ2) is 12.4. The number of nitrogens with two attached hydrogens (primary N) is 1. The van der Waals surface area contributed by atoms with E-state index in [0.717, 1.165) is 33.2 Å². The van der Waals surface area contributed by atoms with Crippen LogP contribution in [0.2, 0.25) is 0 Å². The first-order valence-electron chi connectivity index (χ1n) is 14.5.